The maximum Gasteiger partial charge on any atom is 0.313 e. The summed E-state index contributed by atoms with van der Waals surface area (Å²) in [7, 11) is 0. The van der Waals surface area contributed by atoms with E-state index in [0.717, 1.165) is 37.5 Å². The Labute approximate surface area is 347 Å². The van der Waals surface area contributed by atoms with E-state index in [2.05, 4.69) is 27.7 Å². The summed E-state index contributed by atoms with van der Waals surface area (Å²) in [5, 5.41) is 0. The molecule has 0 saturated heterocycles. The summed E-state index contributed by atoms with van der Waals surface area (Å²) >= 11 is 0. The molecule has 1 unspecified atom stereocenters. The second-order valence-electron chi connectivity index (χ2n) is 18.5. The van der Waals surface area contributed by atoms with Crippen molar-refractivity contribution >= 4 is 11.9 Å². The minimum Gasteiger partial charge on any atom is -0.393 e. The van der Waals surface area contributed by atoms with E-state index in [1.807, 2.05) is 0 Å². The van der Waals surface area contributed by atoms with Gasteiger partial charge in [0.2, 0.25) is 0 Å². The number of esters is 2. The average Bonchev–Trinajstić information content (AvgIpc) is 3.16. The molecule has 0 aliphatic rings. The molecule has 1 atom stereocenters. The fourth-order valence-corrected chi connectivity index (χ4v) is 8.50. The Morgan fingerprint density at radius 1 is 0.309 bits per heavy atom. The molecule has 0 N–H and O–H groups in total. The summed E-state index contributed by atoms with van der Waals surface area (Å²) in [5.41, 5.74) is 0. The summed E-state index contributed by atoms with van der Waals surface area (Å²) in [5.74, 6) is 1.20. The van der Waals surface area contributed by atoms with Crippen LogP contribution in [0.15, 0.2) is 0 Å². The Morgan fingerprint density at radius 3 is 0.800 bits per heavy atom. The molecule has 3 nitrogen and oxygen atoms in total. The molecule has 3 heteroatoms. The Kier molecular flexibility index (Phi) is 45.1. The van der Waals surface area contributed by atoms with Crippen molar-refractivity contribution in [3.63, 3.8) is 0 Å². The van der Waals surface area contributed by atoms with E-state index in [4.69, 9.17) is 4.74 Å². The quantitative estimate of drug-likeness (QED) is 0.0351. The summed E-state index contributed by atoms with van der Waals surface area (Å²) in [6.45, 7) is 9.30. The molecule has 0 aromatic carbocycles. The molecule has 0 saturated carbocycles. The van der Waals surface area contributed by atoms with Gasteiger partial charge in [-0.25, -0.2) is 0 Å². The number of hydrogen-bond donors (Lipinski definition) is 0. The third-order valence-corrected chi connectivity index (χ3v) is 12.3. The molecule has 0 aromatic heterocycles. The van der Waals surface area contributed by atoms with E-state index in [0.29, 0.717) is 12.8 Å². The van der Waals surface area contributed by atoms with Crippen LogP contribution in [0.5, 0.6) is 0 Å². The molecule has 0 heterocycles. The first-order chi connectivity index (χ1) is 27.0. The van der Waals surface area contributed by atoms with E-state index in [1.165, 1.54) is 244 Å². The highest BCUT2D eigenvalue weighted by Crippen LogP contribution is 2.25. The zero-order valence-electron chi connectivity index (χ0n) is 38.5. The number of hydrogen-bond acceptors (Lipinski definition) is 3. The summed E-state index contributed by atoms with van der Waals surface area (Å²) in [6.07, 6.45) is 57.7. The molecule has 0 bridgehead atoms. The van der Waals surface area contributed by atoms with Gasteiger partial charge in [0.05, 0.1) is 0 Å². The third kappa shape index (κ3) is 45.7. The van der Waals surface area contributed by atoms with Crippen molar-refractivity contribution < 1.29 is 14.3 Å². The van der Waals surface area contributed by atoms with Crippen molar-refractivity contribution in [1.82, 2.24) is 0 Å². The van der Waals surface area contributed by atoms with E-state index in [-0.39, 0.29) is 11.9 Å². The van der Waals surface area contributed by atoms with Gasteiger partial charge in [0.1, 0.15) is 0 Å². The SMILES string of the molecule is CCCCCCCCCCCCCCCCCC(=O)OC(=O)CCCCCCCCCCC(CCCCCC)CCCCCCCCCCCCCC(C)C. The minimum atomic E-state index is -0.318. The van der Waals surface area contributed by atoms with Crippen molar-refractivity contribution in [1.29, 1.82) is 0 Å². The Bertz CT molecular complexity index is 760. The van der Waals surface area contributed by atoms with Gasteiger partial charge in [-0.1, -0.05) is 285 Å². The minimum absolute atomic E-state index is 0.316. The molecule has 0 rings (SSSR count). The summed E-state index contributed by atoms with van der Waals surface area (Å²) in [6, 6.07) is 0. The number of carbonyl (C=O) groups is 2. The van der Waals surface area contributed by atoms with Crippen molar-refractivity contribution in [3.8, 4) is 0 Å². The normalized spacial score (nSPS) is 12.2. The first-order valence-corrected chi connectivity index (χ1v) is 25.7. The van der Waals surface area contributed by atoms with Crippen LogP contribution in [0.4, 0.5) is 0 Å². The molecule has 0 amide bonds. The van der Waals surface area contributed by atoms with Crippen LogP contribution in [0.1, 0.15) is 310 Å². The van der Waals surface area contributed by atoms with Gasteiger partial charge in [-0.15, -0.1) is 0 Å². The smallest absolute Gasteiger partial charge is 0.313 e. The second kappa shape index (κ2) is 45.8. The molecule has 0 radical (unpaired) electrons. The first kappa shape index (κ1) is 54.1. The lowest BCUT2D eigenvalue weighted by atomic mass is 9.89. The van der Waals surface area contributed by atoms with Crippen molar-refractivity contribution in [2.45, 2.75) is 310 Å². The molecular weight excluding hydrogens is 673 g/mol. The number of carbonyl (C=O) groups excluding carboxylic acids is 2. The van der Waals surface area contributed by atoms with Gasteiger partial charge < -0.3 is 4.74 Å². The average molecular weight is 775 g/mol. The van der Waals surface area contributed by atoms with Crippen LogP contribution >= 0.6 is 0 Å². The predicted octanol–water partition coefficient (Wildman–Crippen LogP) is 18.5. The fraction of sp³-hybridized carbons (Fsp3) is 0.962. The standard InChI is InChI=1S/C52H102O3/c1-5-7-9-11-12-13-14-15-16-17-21-24-30-35-41-47-51(53)55-52(54)48-42-36-31-26-25-29-34-40-46-50(44-38-10-8-6-2)45-39-33-28-23-20-18-19-22-27-32-37-43-49(3)4/h49-50H,5-48H2,1-4H3. The van der Waals surface area contributed by atoms with Crippen molar-refractivity contribution in [2.75, 3.05) is 0 Å². The highest BCUT2D eigenvalue weighted by Gasteiger charge is 2.11. The zero-order chi connectivity index (χ0) is 40.1. The Morgan fingerprint density at radius 2 is 0.527 bits per heavy atom. The van der Waals surface area contributed by atoms with E-state index in [1.54, 1.807) is 0 Å². The lowest BCUT2D eigenvalue weighted by Gasteiger charge is -2.17. The third-order valence-electron chi connectivity index (χ3n) is 12.3. The number of unbranched alkanes of at least 4 members (excludes halogenated alkanes) is 34. The monoisotopic (exact) mass is 775 g/mol. The lowest BCUT2D eigenvalue weighted by Crippen LogP contribution is -2.11. The largest absolute Gasteiger partial charge is 0.393 e. The van der Waals surface area contributed by atoms with Crippen LogP contribution in [0.3, 0.4) is 0 Å². The maximum absolute atomic E-state index is 12.1. The van der Waals surface area contributed by atoms with Gasteiger partial charge in [-0.05, 0) is 24.7 Å². The molecule has 0 spiro atoms. The van der Waals surface area contributed by atoms with Crippen molar-refractivity contribution in [3.05, 3.63) is 0 Å². The van der Waals surface area contributed by atoms with Gasteiger partial charge in [-0.2, -0.15) is 0 Å². The van der Waals surface area contributed by atoms with Gasteiger partial charge in [0.15, 0.2) is 0 Å². The molecule has 0 fully saturated rings. The molecule has 0 aromatic rings. The number of rotatable bonds is 46. The summed E-state index contributed by atoms with van der Waals surface area (Å²) < 4.78 is 5.09. The topological polar surface area (TPSA) is 43.4 Å². The molecule has 0 aliphatic carbocycles. The first-order valence-electron chi connectivity index (χ1n) is 25.7. The van der Waals surface area contributed by atoms with Crippen LogP contribution in [-0.4, -0.2) is 11.9 Å². The van der Waals surface area contributed by atoms with Crippen LogP contribution in [0, 0.1) is 11.8 Å². The molecule has 328 valence electrons. The van der Waals surface area contributed by atoms with E-state index < -0.39 is 0 Å². The van der Waals surface area contributed by atoms with Gasteiger partial charge >= 0.3 is 11.9 Å². The van der Waals surface area contributed by atoms with Crippen LogP contribution < -0.4 is 0 Å². The Balaban J connectivity index is 3.66. The van der Waals surface area contributed by atoms with E-state index >= 15 is 0 Å². The van der Waals surface area contributed by atoms with Crippen LogP contribution in [0.2, 0.25) is 0 Å². The van der Waals surface area contributed by atoms with Gasteiger partial charge in [0, 0.05) is 12.8 Å². The van der Waals surface area contributed by atoms with Crippen LogP contribution in [0.25, 0.3) is 0 Å². The molecular formula is C52H102O3. The molecule has 0 aliphatic heterocycles. The Hall–Kier alpha value is -0.860. The molecule has 55 heavy (non-hydrogen) atoms. The second-order valence-corrected chi connectivity index (χ2v) is 18.5. The van der Waals surface area contributed by atoms with E-state index in [9.17, 15) is 9.59 Å². The maximum atomic E-state index is 12.1. The highest BCUT2D eigenvalue weighted by molar-refractivity contribution is 5.85. The van der Waals surface area contributed by atoms with Crippen molar-refractivity contribution in [2.24, 2.45) is 11.8 Å². The predicted molar refractivity (Wildman–Crippen MR) is 244 cm³/mol. The van der Waals surface area contributed by atoms with Gasteiger partial charge in [0.25, 0.3) is 0 Å². The van der Waals surface area contributed by atoms with Gasteiger partial charge in [-0.3, -0.25) is 9.59 Å². The highest BCUT2D eigenvalue weighted by atomic mass is 16.6. The zero-order valence-corrected chi connectivity index (χ0v) is 38.5. The van der Waals surface area contributed by atoms with Crippen LogP contribution in [-0.2, 0) is 14.3 Å². The fourth-order valence-electron chi connectivity index (χ4n) is 8.50. The summed E-state index contributed by atoms with van der Waals surface area (Å²) in [4.78, 5) is 24.2. The number of ether oxygens (including phenoxy) is 1. The lowest BCUT2D eigenvalue weighted by molar-refractivity contribution is -0.159.